The van der Waals surface area contributed by atoms with Gasteiger partial charge in [0, 0.05) is 35.1 Å². The van der Waals surface area contributed by atoms with Gasteiger partial charge in [-0.15, -0.1) is 0 Å². The molecule has 1 aliphatic rings. The number of carboxylic acid groups (broad SMARTS) is 1. The molecule has 29 heavy (non-hydrogen) atoms. The van der Waals surface area contributed by atoms with Crippen LogP contribution in [0.2, 0.25) is 5.02 Å². The Labute approximate surface area is 173 Å². The normalized spacial score (nSPS) is 19.2. The van der Waals surface area contributed by atoms with Crippen molar-refractivity contribution in [2.75, 3.05) is 5.73 Å². The summed E-state index contributed by atoms with van der Waals surface area (Å²) in [6.07, 6.45) is 8.18. The maximum Gasteiger partial charge on any atom is 0.306 e. The first-order valence-corrected chi connectivity index (χ1v) is 9.93. The van der Waals surface area contributed by atoms with E-state index in [2.05, 4.69) is 14.4 Å². The summed E-state index contributed by atoms with van der Waals surface area (Å²) in [6, 6.07) is 4.13. The molecule has 148 valence electrons. The van der Waals surface area contributed by atoms with Gasteiger partial charge in [0.2, 0.25) is 0 Å². The van der Waals surface area contributed by atoms with Crippen LogP contribution in [0.4, 0.5) is 11.4 Å². The van der Waals surface area contributed by atoms with Crippen molar-refractivity contribution in [2.24, 2.45) is 5.92 Å². The Morgan fingerprint density at radius 3 is 2.66 bits per heavy atom. The second-order valence-corrected chi connectivity index (χ2v) is 8.03. The number of aryl methyl sites for hydroxylation is 1. The van der Waals surface area contributed by atoms with Crippen molar-refractivity contribution in [3.8, 4) is 11.1 Å². The fourth-order valence-corrected chi connectivity index (χ4v) is 4.48. The average molecular weight is 409 g/mol. The van der Waals surface area contributed by atoms with Crippen LogP contribution in [0.1, 0.15) is 37.3 Å². The smallest absolute Gasteiger partial charge is 0.306 e. The van der Waals surface area contributed by atoms with Crippen LogP contribution in [0.15, 0.2) is 30.7 Å². The average Bonchev–Trinajstić information content (AvgIpc) is 3.07. The molecule has 0 bridgehead atoms. The number of rotatable bonds is 3. The van der Waals surface area contributed by atoms with Gasteiger partial charge in [0.15, 0.2) is 5.69 Å². The number of fused-ring (bicyclic) bond motifs is 1. The van der Waals surface area contributed by atoms with Crippen molar-refractivity contribution in [1.29, 1.82) is 0 Å². The Hall–Kier alpha value is -3.04. The molecule has 3 N–H and O–H groups in total. The molecule has 0 atom stereocenters. The third kappa shape index (κ3) is 3.32. The fourth-order valence-electron chi connectivity index (χ4n) is 4.28. The highest BCUT2D eigenvalue weighted by Crippen LogP contribution is 2.42. The highest BCUT2D eigenvalue weighted by atomic mass is 35.5. The van der Waals surface area contributed by atoms with Crippen molar-refractivity contribution in [3.63, 3.8) is 0 Å². The first kappa shape index (κ1) is 19.3. The van der Waals surface area contributed by atoms with E-state index in [1.165, 1.54) is 6.20 Å². The quantitative estimate of drug-likeness (QED) is 0.551. The lowest BCUT2D eigenvalue weighted by Crippen LogP contribution is -2.23. The Bertz CT molecular complexity index is 1150. The number of nitrogens with zero attached hydrogens (tertiary/aromatic N) is 3. The molecule has 0 spiro atoms. The molecule has 7 heteroatoms. The molecule has 3 aromatic rings. The standard InChI is InChI=1S/C22H21ClN4O2/c1-12-7-20-15(8-19(12)25-2)17(16-9-26-10-18(24)21(16)23)11-27(20)14-5-3-13(4-6-14)22(28)29/h7-11,13-14H,3-6,24H2,1H3,(H,28,29). The molecule has 2 heterocycles. The number of carboxylic acids is 1. The van der Waals surface area contributed by atoms with Gasteiger partial charge < -0.3 is 15.4 Å². The topological polar surface area (TPSA) is 85.5 Å². The molecule has 0 radical (unpaired) electrons. The van der Waals surface area contributed by atoms with Crippen LogP contribution in [0.3, 0.4) is 0 Å². The first-order chi connectivity index (χ1) is 13.9. The van der Waals surface area contributed by atoms with Gasteiger partial charge in [-0.2, -0.15) is 0 Å². The van der Waals surface area contributed by atoms with Crippen LogP contribution in [-0.4, -0.2) is 20.6 Å². The summed E-state index contributed by atoms with van der Waals surface area (Å²) in [5.41, 5.74) is 10.5. The zero-order chi connectivity index (χ0) is 20.7. The Morgan fingerprint density at radius 2 is 2.00 bits per heavy atom. The van der Waals surface area contributed by atoms with Gasteiger partial charge in [0.1, 0.15) is 0 Å². The van der Waals surface area contributed by atoms with Gasteiger partial charge in [0.05, 0.1) is 29.4 Å². The summed E-state index contributed by atoms with van der Waals surface area (Å²) >= 11 is 6.48. The number of halogens is 1. The lowest BCUT2D eigenvalue weighted by atomic mass is 9.86. The molecule has 1 fully saturated rings. The lowest BCUT2D eigenvalue weighted by molar-refractivity contribution is -0.143. The van der Waals surface area contributed by atoms with Crippen LogP contribution < -0.4 is 5.73 Å². The second kappa shape index (κ2) is 7.41. The van der Waals surface area contributed by atoms with Crippen molar-refractivity contribution in [3.05, 3.63) is 52.7 Å². The number of benzene rings is 1. The van der Waals surface area contributed by atoms with Crippen molar-refractivity contribution in [2.45, 2.75) is 38.6 Å². The minimum absolute atomic E-state index is 0.202. The molecule has 0 amide bonds. The molecule has 0 unspecified atom stereocenters. The number of hydrogen-bond donors (Lipinski definition) is 2. The number of aromatic nitrogens is 2. The van der Waals surface area contributed by atoms with E-state index >= 15 is 0 Å². The number of aliphatic carboxylic acids is 1. The molecule has 1 aromatic carbocycles. The summed E-state index contributed by atoms with van der Waals surface area (Å²) in [7, 11) is 0. The minimum Gasteiger partial charge on any atom is -0.481 e. The molecule has 6 nitrogen and oxygen atoms in total. The molecule has 2 aromatic heterocycles. The van der Waals surface area contributed by atoms with Gasteiger partial charge in [-0.3, -0.25) is 9.78 Å². The van der Waals surface area contributed by atoms with Gasteiger partial charge >= 0.3 is 5.97 Å². The van der Waals surface area contributed by atoms with E-state index in [4.69, 9.17) is 23.9 Å². The predicted octanol–water partition coefficient (Wildman–Crippen LogP) is 5.61. The second-order valence-electron chi connectivity index (χ2n) is 7.65. The van der Waals surface area contributed by atoms with E-state index < -0.39 is 5.97 Å². The zero-order valence-corrected chi connectivity index (χ0v) is 16.8. The molecule has 1 saturated carbocycles. The molecule has 0 saturated heterocycles. The van der Waals surface area contributed by atoms with E-state index in [1.807, 2.05) is 25.3 Å². The summed E-state index contributed by atoms with van der Waals surface area (Å²) in [5, 5.41) is 10.7. The lowest BCUT2D eigenvalue weighted by Gasteiger charge is -2.28. The van der Waals surface area contributed by atoms with E-state index in [9.17, 15) is 9.90 Å². The van der Waals surface area contributed by atoms with Crippen LogP contribution in [0, 0.1) is 19.4 Å². The van der Waals surface area contributed by atoms with Gasteiger partial charge in [-0.05, 0) is 55.7 Å². The maximum atomic E-state index is 11.3. The van der Waals surface area contributed by atoms with Gasteiger partial charge in [0.25, 0.3) is 0 Å². The molecule has 4 rings (SSSR count). The van der Waals surface area contributed by atoms with E-state index in [-0.39, 0.29) is 12.0 Å². The van der Waals surface area contributed by atoms with E-state index in [0.29, 0.717) is 29.2 Å². The first-order valence-electron chi connectivity index (χ1n) is 9.55. The molecule has 1 aliphatic carbocycles. The van der Waals surface area contributed by atoms with E-state index in [1.54, 1.807) is 6.20 Å². The van der Waals surface area contributed by atoms with Crippen LogP contribution >= 0.6 is 11.6 Å². The predicted molar refractivity (Wildman–Crippen MR) is 114 cm³/mol. The summed E-state index contributed by atoms with van der Waals surface area (Å²) in [6.45, 7) is 9.41. The monoisotopic (exact) mass is 408 g/mol. The van der Waals surface area contributed by atoms with E-state index in [0.717, 1.165) is 40.4 Å². The summed E-state index contributed by atoms with van der Waals surface area (Å²) < 4.78 is 2.21. The molecule has 0 aliphatic heterocycles. The van der Waals surface area contributed by atoms with Crippen molar-refractivity contribution >= 4 is 39.8 Å². The Morgan fingerprint density at radius 1 is 1.28 bits per heavy atom. The number of nitrogens with two attached hydrogens (primary N) is 1. The third-order valence-electron chi connectivity index (χ3n) is 5.91. The SMILES string of the molecule is [C-]#[N+]c1cc2c(-c3cncc(N)c3Cl)cn(C3CCC(C(=O)O)CC3)c2cc1C. The number of pyridine rings is 1. The Kier molecular flexibility index (Phi) is 4.93. The number of carbonyl (C=O) groups is 1. The fraction of sp³-hybridized carbons (Fsp3) is 0.318. The zero-order valence-electron chi connectivity index (χ0n) is 16.0. The van der Waals surface area contributed by atoms with Crippen molar-refractivity contribution < 1.29 is 9.90 Å². The third-order valence-corrected chi connectivity index (χ3v) is 6.33. The highest BCUT2D eigenvalue weighted by Gasteiger charge is 2.28. The molecular formula is C22H21ClN4O2. The minimum atomic E-state index is -0.711. The van der Waals surface area contributed by atoms with Crippen LogP contribution in [0.25, 0.3) is 26.9 Å². The number of anilines is 1. The summed E-state index contributed by atoms with van der Waals surface area (Å²) in [4.78, 5) is 19.2. The number of nitrogen functional groups attached to an aromatic ring is 1. The maximum absolute atomic E-state index is 11.3. The van der Waals surface area contributed by atoms with Crippen molar-refractivity contribution in [1.82, 2.24) is 9.55 Å². The largest absolute Gasteiger partial charge is 0.481 e. The van der Waals surface area contributed by atoms with Gasteiger partial charge in [-0.1, -0.05) is 11.6 Å². The Balaban J connectivity index is 1.88. The highest BCUT2D eigenvalue weighted by molar-refractivity contribution is 6.36. The van der Waals surface area contributed by atoms with Gasteiger partial charge in [-0.25, -0.2) is 4.85 Å². The molecular weight excluding hydrogens is 388 g/mol. The summed E-state index contributed by atoms with van der Waals surface area (Å²) in [5.74, 6) is -0.979. The van der Waals surface area contributed by atoms with Crippen LogP contribution in [0.5, 0.6) is 0 Å². The van der Waals surface area contributed by atoms with Crippen LogP contribution in [-0.2, 0) is 4.79 Å². The number of hydrogen-bond acceptors (Lipinski definition) is 3.